The van der Waals surface area contributed by atoms with Crippen molar-refractivity contribution in [3.63, 3.8) is 0 Å². The summed E-state index contributed by atoms with van der Waals surface area (Å²) < 4.78 is 0. The summed E-state index contributed by atoms with van der Waals surface area (Å²) in [6, 6.07) is 16.6. The van der Waals surface area contributed by atoms with Crippen molar-refractivity contribution in [1.82, 2.24) is 0 Å². The highest BCUT2D eigenvalue weighted by atomic mass is 16.8. The molecule has 0 spiro atoms. The number of anilines is 4. The van der Waals surface area contributed by atoms with Gasteiger partial charge in [0.25, 0.3) is 0 Å². The zero-order chi connectivity index (χ0) is 18.1. The second-order valence-electron chi connectivity index (χ2n) is 6.20. The van der Waals surface area contributed by atoms with Crippen molar-refractivity contribution in [1.29, 1.82) is 0 Å². The Labute approximate surface area is 152 Å². The molecule has 0 bridgehead atoms. The summed E-state index contributed by atoms with van der Waals surface area (Å²) in [7, 11) is 2.08. The molecule has 5 nitrogen and oxygen atoms in total. The predicted octanol–water partition coefficient (Wildman–Crippen LogP) is 4.41. The third kappa shape index (κ3) is 2.73. The summed E-state index contributed by atoms with van der Waals surface area (Å²) in [6.07, 6.45) is 8.73. The van der Waals surface area contributed by atoms with Gasteiger partial charge in [-0.2, -0.15) is 4.90 Å². The van der Waals surface area contributed by atoms with Gasteiger partial charge in [0.2, 0.25) is 5.71 Å². The summed E-state index contributed by atoms with van der Waals surface area (Å²) in [5.41, 5.74) is 5.67. The Kier molecular flexibility index (Phi) is 3.97. The van der Waals surface area contributed by atoms with Crippen LogP contribution in [-0.4, -0.2) is 24.2 Å². The number of benzene rings is 2. The molecule has 0 aromatic heterocycles. The Hall–Kier alpha value is -3.47. The summed E-state index contributed by atoms with van der Waals surface area (Å²) >= 11 is 0. The molecule has 0 amide bonds. The van der Waals surface area contributed by atoms with Gasteiger partial charge in [-0.3, -0.25) is 0 Å². The van der Waals surface area contributed by atoms with E-state index in [1.807, 2.05) is 24.3 Å². The first kappa shape index (κ1) is 16.0. The van der Waals surface area contributed by atoms with E-state index in [9.17, 15) is 10.4 Å². The average molecular weight is 344 g/mol. The van der Waals surface area contributed by atoms with Crippen LogP contribution in [0.4, 0.5) is 22.7 Å². The molecule has 2 aromatic rings. The van der Waals surface area contributed by atoms with E-state index in [1.165, 1.54) is 12.2 Å². The first-order valence-corrected chi connectivity index (χ1v) is 8.42. The molecule has 2 aromatic carbocycles. The van der Waals surface area contributed by atoms with Crippen molar-refractivity contribution in [2.24, 2.45) is 0 Å². The minimum absolute atomic E-state index is 0.109. The molecule has 5 heteroatoms. The lowest BCUT2D eigenvalue weighted by atomic mass is 10.1. The molecular formula is C21H18N3O2-. The highest BCUT2D eigenvalue weighted by molar-refractivity contribution is 6.02. The molecule has 0 atom stereocenters. The molecule has 0 radical (unpaired) electrons. The van der Waals surface area contributed by atoms with Crippen LogP contribution >= 0.6 is 0 Å². The summed E-state index contributed by atoms with van der Waals surface area (Å²) in [5, 5.41) is 21.6. The molecule has 0 fully saturated rings. The minimum Gasteiger partial charge on any atom is -0.612 e. The lowest BCUT2D eigenvalue weighted by Crippen LogP contribution is -2.27. The fraction of sp³-hybridized carbons (Fsp3) is 0.0952. The molecule has 4 rings (SSSR count). The van der Waals surface area contributed by atoms with Crippen molar-refractivity contribution in [2.45, 2.75) is 0 Å². The molecular weight excluding hydrogens is 326 g/mol. The average Bonchev–Trinajstić information content (AvgIpc) is 2.68. The molecule has 0 saturated heterocycles. The van der Waals surface area contributed by atoms with E-state index in [4.69, 9.17) is 0 Å². The van der Waals surface area contributed by atoms with Crippen molar-refractivity contribution in [2.75, 3.05) is 23.4 Å². The number of hydrogen-bond donors (Lipinski definition) is 0. The van der Waals surface area contributed by atoms with Crippen LogP contribution in [0, 0.1) is 10.4 Å². The van der Waals surface area contributed by atoms with Gasteiger partial charge in [0, 0.05) is 25.7 Å². The van der Waals surface area contributed by atoms with Gasteiger partial charge in [0.15, 0.2) is 0 Å². The Bertz CT molecular complexity index is 903. The van der Waals surface area contributed by atoms with E-state index in [1.54, 1.807) is 12.2 Å². The number of allylic oxidation sites excluding steroid dienone is 5. The summed E-state index contributed by atoms with van der Waals surface area (Å²) in [6.45, 7) is 0.680. The van der Waals surface area contributed by atoms with E-state index in [0.717, 1.165) is 28.3 Å². The van der Waals surface area contributed by atoms with Gasteiger partial charge >= 0.3 is 0 Å². The normalized spacial score (nSPS) is 15.0. The van der Waals surface area contributed by atoms with Gasteiger partial charge in [0.1, 0.15) is 0 Å². The van der Waals surface area contributed by atoms with Gasteiger partial charge in [-0.05, 0) is 42.0 Å². The van der Waals surface area contributed by atoms with E-state index in [-0.39, 0.29) is 10.6 Å². The van der Waals surface area contributed by atoms with E-state index < -0.39 is 0 Å². The van der Waals surface area contributed by atoms with Crippen LogP contribution < -0.4 is 9.80 Å². The monoisotopic (exact) mass is 344 g/mol. The third-order valence-corrected chi connectivity index (χ3v) is 4.68. The Morgan fingerprint density at radius 3 is 1.81 bits per heavy atom. The van der Waals surface area contributed by atoms with Crippen molar-refractivity contribution in [3.05, 3.63) is 94.9 Å². The molecule has 1 aliphatic heterocycles. The summed E-state index contributed by atoms with van der Waals surface area (Å²) in [4.78, 5) is 4.09. The third-order valence-electron chi connectivity index (χ3n) is 4.68. The quantitative estimate of drug-likeness (QED) is 0.598. The zero-order valence-electron chi connectivity index (χ0n) is 14.4. The maximum Gasteiger partial charge on any atom is 0.222 e. The molecule has 26 heavy (non-hydrogen) atoms. The molecule has 0 saturated carbocycles. The standard InChI is InChI=1S/C21H18N3O2/c1-22-18-6-2-4-8-20(18)23(21-9-5-3-7-19(21)22)15-14-16-10-12-17(13-11-16)24(25)26/h2-14H,15H2,1H3/q-1. The van der Waals surface area contributed by atoms with Crippen LogP contribution in [0.15, 0.2) is 84.5 Å². The van der Waals surface area contributed by atoms with Gasteiger partial charge in [0.05, 0.1) is 22.7 Å². The molecule has 2 aliphatic rings. The molecule has 0 N–H and O–H groups in total. The van der Waals surface area contributed by atoms with Crippen LogP contribution in [-0.2, 0) is 0 Å². The number of hydrogen-bond acceptors (Lipinski definition) is 4. The number of fused-ring (bicyclic) bond motifs is 2. The van der Waals surface area contributed by atoms with Crippen LogP contribution in [0.2, 0.25) is 0 Å². The maximum atomic E-state index is 10.8. The minimum atomic E-state index is -0.378. The van der Waals surface area contributed by atoms with Gasteiger partial charge in [-0.15, -0.1) is 0 Å². The van der Waals surface area contributed by atoms with Crippen molar-refractivity contribution in [3.8, 4) is 0 Å². The number of nitrogens with zero attached hydrogens (tertiary/aromatic N) is 3. The number of para-hydroxylation sites is 4. The highest BCUT2D eigenvalue weighted by Gasteiger charge is 2.24. The SMILES string of the molecule is CN1c2ccccc2N(CC=C2C=CC(=[N+]([O-])[O-])C=C2)c2ccccc21. The van der Waals surface area contributed by atoms with Crippen LogP contribution in [0.1, 0.15) is 0 Å². The van der Waals surface area contributed by atoms with Crippen LogP contribution in [0.3, 0.4) is 0 Å². The van der Waals surface area contributed by atoms with Gasteiger partial charge in [-0.1, -0.05) is 30.3 Å². The zero-order valence-corrected chi connectivity index (χ0v) is 14.4. The topological polar surface area (TPSA) is 55.6 Å². The summed E-state index contributed by atoms with van der Waals surface area (Å²) in [5.74, 6) is 0. The fourth-order valence-electron chi connectivity index (χ4n) is 3.34. The first-order valence-electron chi connectivity index (χ1n) is 8.42. The number of rotatable bonds is 2. The first-order chi connectivity index (χ1) is 12.6. The highest BCUT2D eigenvalue weighted by Crippen LogP contribution is 2.46. The predicted molar refractivity (Wildman–Crippen MR) is 106 cm³/mol. The molecule has 0 unspecified atom stereocenters. The van der Waals surface area contributed by atoms with Crippen molar-refractivity contribution < 1.29 is 4.90 Å². The Morgan fingerprint density at radius 2 is 1.31 bits per heavy atom. The lowest BCUT2D eigenvalue weighted by molar-refractivity contribution is -0.377. The molecule has 130 valence electrons. The van der Waals surface area contributed by atoms with Crippen LogP contribution in [0.5, 0.6) is 0 Å². The second-order valence-corrected chi connectivity index (χ2v) is 6.20. The largest absolute Gasteiger partial charge is 0.612 e. The van der Waals surface area contributed by atoms with Gasteiger partial charge in [-0.25, -0.2) is 0 Å². The Morgan fingerprint density at radius 1 is 0.808 bits per heavy atom. The lowest BCUT2D eigenvalue weighted by Gasteiger charge is -2.38. The van der Waals surface area contributed by atoms with E-state index in [2.05, 4.69) is 47.2 Å². The van der Waals surface area contributed by atoms with Gasteiger partial charge < -0.3 is 20.2 Å². The van der Waals surface area contributed by atoms with Crippen molar-refractivity contribution >= 4 is 28.5 Å². The van der Waals surface area contributed by atoms with E-state index >= 15 is 0 Å². The Balaban J connectivity index is 1.69. The molecule has 1 aliphatic carbocycles. The fourth-order valence-corrected chi connectivity index (χ4v) is 3.34. The smallest absolute Gasteiger partial charge is 0.222 e. The van der Waals surface area contributed by atoms with Crippen LogP contribution in [0.25, 0.3) is 0 Å². The maximum absolute atomic E-state index is 10.8. The second kappa shape index (κ2) is 6.44. The molecule has 1 heterocycles. The van der Waals surface area contributed by atoms with E-state index in [0.29, 0.717) is 6.54 Å².